The van der Waals surface area contributed by atoms with E-state index in [1.165, 1.54) is 0 Å². The summed E-state index contributed by atoms with van der Waals surface area (Å²) in [6.07, 6.45) is 3.59. The van der Waals surface area contributed by atoms with Gasteiger partial charge in [-0.1, -0.05) is 12.1 Å². The molecule has 13 heavy (non-hydrogen) atoms. The molecule has 0 atom stereocenters. The van der Waals surface area contributed by atoms with Crippen molar-refractivity contribution >= 4 is 10.9 Å². The molecular formula is C9H6N4. The predicted octanol–water partition coefficient (Wildman–Crippen LogP) is 1.46. The molecule has 0 bridgehead atoms. The van der Waals surface area contributed by atoms with E-state index in [1.54, 1.807) is 6.20 Å². The van der Waals surface area contributed by atoms with Gasteiger partial charge in [-0.2, -0.15) is 10.2 Å². The highest BCUT2D eigenvalue weighted by molar-refractivity contribution is 5.91. The highest BCUT2D eigenvalue weighted by Crippen LogP contribution is 2.24. The topological polar surface area (TPSA) is 54.5 Å². The van der Waals surface area contributed by atoms with Crippen LogP contribution in [0.3, 0.4) is 0 Å². The van der Waals surface area contributed by atoms with Crippen molar-refractivity contribution in [1.29, 1.82) is 0 Å². The van der Waals surface area contributed by atoms with Crippen molar-refractivity contribution in [2.45, 2.75) is 0 Å². The molecule has 1 aromatic heterocycles. The minimum atomic E-state index is 0.897. The van der Waals surface area contributed by atoms with Gasteiger partial charge in [0.1, 0.15) is 5.69 Å². The first-order valence-corrected chi connectivity index (χ1v) is 3.99. The fraction of sp³-hybridized carbons (Fsp3) is 0. The molecule has 0 unspecified atom stereocenters. The van der Waals surface area contributed by atoms with Gasteiger partial charge in [-0.05, 0) is 6.07 Å². The first kappa shape index (κ1) is 6.54. The van der Waals surface area contributed by atoms with Crippen LogP contribution in [0.5, 0.6) is 0 Å². The third kappa shape index (κ3) is 0.823. The van der Waals surface area contributed by atoms with Crippen LogP contribution in [0.15, 0.2) is 30.6 Å². The molecule has 1 aromatic rings. The summed E-state index contributed by atoms with van der Waals surface area (Å²) in [7, 11) is 0. The largest absolute Gasteiger partial charge is 0.284 e. The summed E-state index contributed by atoms with van der Waals surface area (Å²) in [5.74, 6) is 0. The molecule has 0 saturated carbocycles. The highest BCUT2D eigenvalue weighted by Gasteiger charge is 2.08. The van der Waals surface area contributed by atoms with E-state index in [9.17, 15) is 0 Å². The van der Waals surface area contributed by atoms with E-state index in [0.29, 0.717) is 0 Å². The van der Waals surface area contributed by atoms with Crippen molar-refractivity contribution in [3.63, 3.8) is 0 Å². The van der Waals surface area contributed by atoms with Gasteiger partial charge in [0, 0.05) is 17.1 Å². The van der Waals surface area contributed by atoms with E-state index in [0.717, 1.165) is 22.2 Å². The molecule has 1 aliphatic carbocycles. The highest BCUT2D eigenvalue weighted by atomic mass is 15.1. The lowest BCUT2D eigenvalue weighted by molar-refractivity contribution is 1.11. The van der Waals surface area contributed by atoms with Gasteiger partial charge < -0.3 is 0 Å². The van der Waals surface area contributed by atoms with Crippen molar-refractivity contribution in [3.8, 4) is 11.3 Å². The molecule has 62 valence electrons. The summed E-state index contributed by atoms with van der Waals surface area (Å²) < 4.78 is 0. The van der Waals surface area contributed by atoms with Crippen molar-refractivity contribution in [3.05, 3.63) is 30.6 Å². The molecule has 1 aliphatic heterocycles. The molecule has 0 fully saturated rings. The molecule has 0 amide bonds. The van der Waals surface area contributed by atoms with E-state index < -0.39 is 0 Å². The number of hydrogen-bond acceptors (Lipinski definition) is 3. The number of aromatic amines is 1. The van der Waals surface area contributed by atoms with Crippen LogP contribution in [0.4, 0.5) is 0 Å². The van der Waals surface area contributed by atoms with E-state index >= 15 is 0 Å². The van der Waals surface area contributed by atoms with Crippen LogP contribution in [-0.2, 0) is 0 Å². The van der Waals surface area contributed by atoms with Crippen LogP contribution in [0.25, 0.3) is 22.2 Å². The van der Waals surface area contributed by atoms with Gasteiger partial charge in [0.05, 0.1) is 11.7 Å². The Morgan fingerprint density at radius 3 is 3.23 bits per heavy atom. The molecule has 0 aromatic carbocycles. The quantitative estimate of drug-likeness (QED) is 0.555. The fourth-order valence-electron chi connectivity index (χ4n) is 1.46. The summed E-state index contributed by atoms with van der Waals surface area (Å²) in [5, 5.41) is 15.8. The summed E-state index contributed by atoms with van der Waals surface area (Å²) in [4.78, 5) is 0. The summed E-state index contributed by atoms with van der Waals surface area (Å²) in [5.41, 5.74) is 2.85. The van der Waals surface area contributed by atoms with Crippen LogP contribution in [0.1, 0.15) is 0 Å². The third-order valence-corrected chi connectivity index (χ3v) is 2.08. The first-order valence-electron chi connectivity index (χ1n) is 3.99. The normalized spacial score (nSPS) is 11.1. The maximum absolute atomic E-state index is 4.10. The maximum Gasteiger partial charge on any atom is 0.105 e. The zero-order chi connectivity index (χ0) is 8.67. The van der Waals surface area contributed by atoms with Gasteiger partial charge in [-0.3, -0.25) is 5.10 Å². The number of H-pyrrole nitrogens is 1. The fourth-order valence-corrected chi connectivity index (χ4v) is 1.46. The first-order chi connectivity index (χ1) is 6.45. The molecular weight excluding hydrogens is 164 g/mol. The molecule has 0 saturated heterocycles. The second kappa shape index (κ2) is 2.26. The second-order valence-electron chi connectivity index (χ2n) is 2.86. The average molecular weight is 170 g/mol. The Bertz CT molecular complexity index is 528. The summed E-state index contributed by atoms with van der Waals surface area (Å²) >= 11 is 0. The minimum absolute atomic E-state index is 0.897. The van der Waals surface area contributed by atoms with Crippen molar-refractivity contribution in [2.24, 2.45) is 0 Å². The number of nitrogens with one attached hydrogen (secondary N) is 1. The Balaban J connectivity index is 2.58. The van der Waals surface area contributed by atoms with Gasteiger partial charge in [0.15, 0.2) is 0 Å². The standard InChI is InChI=1S/C9H6N4/c1-2-6-4-10-13-9(6)7-5-11-12-8(7)3-1/h1-5H,(H,11,12). The monoisotopic (exact) mass is 170 g/mol. The molecule has 3 rings (SSSR count). The number of nitrogens with zero attached hydrogens (tertiary/aromatic N) is 3. The number of fused-ring (bicyclic) bond motifs is 3. The van der Waals surface area contributed by atoms with Crippen molar-refractivity contribution in [1.82, 2.24) is 20.4 Å². The van der Waals surface area contributed by atoms with Gasteiger partial charge >= 0.3 is 0 Å². The zero-order valence-corrected chi connectivity index (χ0v) is 6.73. The minimum Gasteiger partial charge on any atom is -0.284 e. The smallest absolute Gasteiger partial charge is 0.105 e. The Morgan fingerprint density at radius 1 is 1.23 bits per heavy atom. The Hall–Kier alpha value is -1.97. The maximum atomic E-state index is 4.10. The van der Waals surface area contributed by atoms with Crippen LogP contribution < -0.4 is 0 Å². The number of aromatic nitrogens is 4. The van der Waals surface area contributed by atoms with Crippen LogP contribution in [0.2, 0.25) is 0 Å². The predicted molar refractivity (Wildman–Crippen MR) is 48.3 cm³/mol. The lowest BCUT2D eigenvalue weighted by atomic mass is 10.2. The Labute approximate surface area is 74.0 Å². The molecule has 0 radical (unpaired) electrons. The molecule has 4 nitrogen and oxygen atoms in total. The Morgan fingerprint density at radius 2 is 2.23 bits per heavy atom. The van der Waals surface area contributed by atoms with Gasteiger partial charge in [-0.25, -0.2) is 0 Å². The zero-order valence-electron chi connectivity index (χ0n) is 6.73. The summed E-state index contributed by atoms with van der Waals surface area (Å²) in [6.45, 7) is 0. The molecule has 4 heteroatoms. The number of rotatable bonds is 0. The van der Waals surface area contributed by atoms with Gasteiger partial charge in [0.2, 0.25) is 0 Å². The molecule has 2 aliphatic rings. The number of hydrogen-bond donors (Lipinski definition) is 1. The second-order valence-corrected chi connectivity index (χ2v) is 2.86. The van der Waals surface area contributed by atoms with E-state index in [1.807, 2.05) is 24.4 Å². The third-order valence-electron chi connectivity index (χ3n) is 2.08. The Kier molecular flexibility index (Phi) is 1.14. The van der Waals surface area contributed by atoms with E-state index in [-0.39, 0.29) is 0 Å². The lowest BCUT2D eigenvalue weighted by Gasteiger charge is -1.85. The van der Waals surface area contributed by atoms with Crippen molar-refractivity contribution < 1.29 is 0 Å². The van der Waals surface area contributed by atoms with E-state index in [4.69, 9.17) is 0 Å². The SMILES string of the molecule is c1cc2cnnc-2c2c[nH]nc2c1. The summed E-state index contributed by atoms with van der Waals surface area (Å²) in [6, 6.07) is 5.89. The van der Waals surface area contributed by atoms with Gasteiger partial charge in [-0.15, -0.1) is 5.10 Å². The van der Waals surface area contributed by atoms with Crippen LogP contribution >= 0.6 is 0 Å². The molecule has 0 spiro atoms. The van der Waals surface area contributed by atoms with Crippen LogP contribution in [0, 0.1) is 0 Å². The molecule has 2 heterocycles. The van der Waals surface area contributed by atoms with E-state index in [2.05, 4.69) is 20.4 Å². The van der Waals surface area contributed by atoms with Crippen LogP contribution in [-0.4, -0.2) is 20.4 Å². The lowest BCUT2D eigenvalue weighted by Crippen LogP contribution is -1.71. The average Bonchev–Trinajstić information content (AvgIpc) is 2.72. The van der Waals surface area contributed by atoms with Gasteiger partial charge in [0.25, 0.3) is 0 Å². The van der Waals surface area contributed by atoms with Crippen molar-refractivity contribution in [2.75, 3.05) is 0 Å². The molecule has 1 N–H and O–H groups in total.